The maximum absolute atomic E-state index is 12.2. The van der Waals surface area contributed by atoms with Crippen LogP contribution in [0, 0.1) is 0 Å². The molecule has 0 aliphatic carbocycles. The third-order valence-electron chi connectivity index (χ3n) is 2.77. The van der Waals surface area contributed by atoms with Crippen molar-refractivity contribution in [1.82, 2.24) is 14.3 Å². The summed E-state index contributed by atoms with van der Waals surface area (Å²) in [7, 11) is -2.17. The van der Waals surface area contributed by atoms with E-state index in [-0.39, 0.29) is 10.2 Å². The molecule has 1 N–H and O–H groups in total. The molecule has 1 aromatic heterocycles. The number of halogens is 2. The summed E-state index contributed by atoms with van der Waals surface area (Å²) in [4.78, 5) is 3.81. The van der Waals surface area contributed by atoms with Crippen molar-refractivity contribution in [2.45, 2.75) is 18.0 Å². The van der Waals surface area contributed by atoms with Crippen molar-refractivity contribution >= 4 is 33.2 Å². The molecule has 5 nitrogen and oxygen atoms in total. The van der Waals surface area contributed by atoms with Crippen LogP contribution in [0.2, 0.25) is 10.2 Å². The van der Waals surface area contributed by atoms with Gasteiger partial charge in [0.2, 0.25) is 5.03 Å². The van der Waals surface area contributed by atoms with E-state index in [1.165, 1.54) is 10.9 Å². The van der Waals surface area contributed by atoms with Crippen molar-refractivity contribution in [3.05, 3.63) is 46.3 Å². The minimum Gasteiger partial charge on any atom is -0.324 e. The summed E-state index contributed by atoms with van der Waals surface area (Å²) >= 11 is 11.8. The van der Waals surface area contributed by atoms with Gasteiger partial charge in [0, 0.05) is 18.1 Å². The van der Waals surface area contributed by atoms with Gasteiger partial charge in [-0.1, -0.05) is 35.3 Å². The highest BCUT2D eigenvalue weighted by molar-refractivity contribution is 7.89. The predicted octanol–water partition coefficient (Wildman–Crippen LogP) is 2.77. The van der Waals surface area contributed by atoms with Crippen molar-refractivity contribution in [2.24, 2.45) is 7.05 Å². The van der Waals surface area contributed by atoms with Crippen LogP contribution in [0.1, 0.15) is 18.5 Å². The van der Waals surface area contributed by atoms with Crippen LogP contribution in [0.15, 0.2) is 35.6 Å². The summed E-state index contributed by atoms with van der Waals surface area (Å²) < 4.78 is 28.4. The SMILES string of the molecule is CC(NS(=O)(=O)c1ncn(C)c1Cl)c1cccc(Cl)c1. The Labute approximate surface area is 127 Å². The number of hydrogen-bond acceptors (Lipinski definition) is 3. The first kappa shape index (κ1) is 15.3. The molecule has 20 heavy (non-hydrogen) atoms. The number of benzene rings is 1. The van der Waals surface area contributed by atoms with Gasteiger partial charge in [-0.15, -0.1) is 0 Å². The molecular formula is C12H13Cl2N3O2S. The Bertz CT molecular complexity index is 728. The maximum atomic E-state index is 12.2. The van der Waals surface area contributed by atoms with Gasteiger partial charge in [-0.25, -0.2) is 18.1 Å². The lowest BCUT2D eigenvalue weighted by Crippen LogP contribution is -2.27. The highest BCUT2D eigenvalue weighted by Crippen LogP contribution is 2.22. The Hall–Kier alpha value is -1.08. The molecule has 8 heteroatoms. The summed E-state index contributed by atoms with van der Waals surface area (Å²) in [5.41, 5.74) is 0.758. The highest BCUT2D eigenvalue weighted by atomic mass is 35.5. The van der Waals surface area contributed by atoms with Crippen LogP contribution in [0.25, 0.3) is 0 Å². The van der Waals surface area contributed by atoms with E-state index in [4.69, 9.17) is 23.2 Å². The first-order valence-electron chi connectivity index (χ1n) is 5.76. The molecule has 2 aromatic rings. The number of hydrogen-bond donors (Lipinski definition) is 1. The average molecular weight is 334 g/mol. The molecule has 0 amide bonds. The first-order valence-corrected chi connectivity index (χ1v) is 8.00. The highest BCUT2D eigenvalue weighted by Gasteiger charge is 2.24. The smallest absolute Gasteiger partial charge is 0.261 e. The van der Waals surface area contributed by atoms with E-state index in [9.17, 15) is 8.42 Å². The van der Waals surface area contributed by atoms with Gasteiger partial charge in [-0.3, -0.25) is 0 Å². The molecule has 2 rings (SSSR count). The van der Waals surface area contributed by atoms with E-state index in [1.54, 1.807) is 38.2 Å². The summed E-state index contributed by atoms with van der Waals surface area (Å²) in [5.74, 6) is 0. The van der Waals surface area contributed by atoms with Gasteiger partial charge in [0.25, 0.3) is 10.0 Å². The molecule has 108 valence electrons. The fourth-order valence-electron chi connectivity index (χ4n) is 1.71. The van der Waals surface area contributed by atoms with Crippen LogP contribution < -0.4 is 4.72 Å². The lowest BCUT2D eigenvalue weighted by Gasteiger charge is -2.14. The first-order chi connectivity index (χ1) is 9.31. The van der Waals surface area contributed by atoms with Gasteiger partial charge in [0.1, 0.15) is 5.15 Å². The molecule has 0 bridgehead atoms. The van der Waals surface area contributed by atoms with E-state index < -0.39 is 16.1 Å². The average Bonchev–Trinajstić information content (AvgIpc) is 2.70. The van der Waals surface area contributed by atoms with E-state index in [0.29, 0.717) is 5.02 Å². The van der Waals surface area contributed by atoms with Crippen LogP contribution in [-0.2, 0) is 17.1 Å². The predicted molar refractivity (Wildman–Crippen MR) is 78.4 cm³/mol. The van der Waals surface area contributed by atoms with Crippen LogP contribution >= 0.6 is 23.2 Å². The third-order valence-corrected chi connectivity index (χ3v) is 5.03. The fourth-order valence-corrected chi connectivity index (χ4v) is 3.57. The molecule has 0 aliphatic rings. The van der Waals surface area contributed by atoms with Crippen molar-refractivity contribution < 1.29 is 8.42 Å². The zero-order valence-corrected chi connectivity index (χ0v) is 13.2. The second-order valence-electron chi connectivity index (χ2n) is 4.35. The molecule has 0 spiro atoms. The Balaban J connectivity index is 2.27. The van der Waals surface area contributed by atoms with E-state index in [2.05, 4.69) is 9.71 Å². The number of nitrogens with one attached hydrogen (secondary N) is 1. The lowest BCUT2D eigenvalue weighted by molar-refractivity contribution is 0.563. The molecule has 0 saturated carbocycles. The number of nitrogens with zero attached hydrogens (tertiary/aromatic N) is 2. The summed E-state index contributed by atoms with van der Waals surface area (Å²) in [6.07, 6.45) is 1.35. The van der Waals surface area contributed by atoms with Crippen LogP contribution in [0.3, 0.4) is 0 Å². The van der Waals surface area contributed by atoms with E-state index in [0.717, 1.165) is 5.56 Å². The number of rotatable bonds is 4. The zero-order chi connectivity index (χ0) is 14.9. The van der Waals surface area contributed by atoms with Gasteiger partial charge in [0.15, 0.2) is 0 Å². The van der Waals surface area contributed by atoms with Crippen LogP contribution in [0.5, 0.6) is 0 Å². The molecule has 1 atom stereocenters. The standard InChI is InChI=1S/C12H13Cl2N3O2S/c1-8(9-4-3-5-10(13)6-9)16-20(18,19)12-11(14)17(2)7-15-12/h3-8,16H,1-2H3. The lowest BCUT2D eigenvalue weighted by atomic mass is 10.1. The molecular weight excluding hydrogens is 321 g/mol. The minimum atomic E-state index is -3.79. The zero-order valence-electron chi connectivity index (χ0n) is 10.8. The molecule has 0 saturated heterocycles. The maximum Gasteiger partial charge on any atom is 0.261 e. The number of sulfonamides is 1. The van der Waals surface area contributed by atoms with Crippen LogP contribution in [-0.4, -0.2) is 18.0 Å². The monoisotopic (exact) mass is 333 g/mol. The van der Waals surface area contributed by atoms with Crippen molar-refractivity contribution in [3.8, 4) is 0 Å². The molecule has 1 heterocycles. The summed E-state index contributed by atoms with van der Waals surface area (Å²) in [5, 5.41) is 0.427. The Kier molecular flexibility index (Phi) is 4.39. The number of aryl methyl sites for hydroxylation is 1. The van der Waals surface area contributed by atoms with Gasteiger partial charge >= 0.3 is 0 Å². The van der Waals surface area contributed by atoms with Crippen molar-refractivity contribution in [2.75, 3.05) is 0 Å². The summed E-state index contributed by atoms with van der Waals surface area (Å²) in [6.45, 7) is 1.72. The third kappa shape index (κ3) is 3.15. The molecule has 1 aromatic carbocycles. The van der Waals surface area contributed by atoms with Crippen molar-refractivity contribution in [1.29, 1.82) is 0 Å². The molecule has 0 aliphatic heterocycles. The van der Waals surface area contributed by atoms with Gasteiger partial charge < -0.3 is 4.57 Å². The molecule has 0 fully saturated rings. The largest absolute Gasteiger partial charge is 0.324 e. The second kappa shape index (κ2) is 5.73. The van der Waals surface area contributed by atoms with E-state index in [1.807, 2.05) is 0 Å². The molecule has 0 radical (unpaired) electrons. The second-order valence-corrected chi connectivity index (χ2v) is 6.77. The van der Waals surface area contributed by atoms with Gasteiger partial charge in [-0.2, -0.15) is 0 Å². The Morgan fingerprint density at radius 2 is 2.05 bits per heavy atom. The topological polar surface area (TPSA) is 64.0 Å². The van der Waals surface area contributed by atoms with Crippen molar-refractivity contribution in [3.63, 3.8) is 0 Å². The van der Waals surface area contributed by atoms with E-state index >= 15 is 0 Å². The summed E-state index contributed by atoms with van der Waals surface area (Å²) in [6, 6.07) is 6.53. The minimum absolute atomic E-state index is 0.0656. The van der Waals surface area contributed by atoms with Gasteiger partial charge in [0.05, 0.1) is 6.33 Å². The number of imidazole rings is 1. The number of aromatic nitrogens is 2. The van der Waals surface area contributed by atoms with Gasteiger partial charge in [-0.05, 0) is 24.6 Å². The normalized spacial score (nSPS) is 13.4. The Morgan fingerprint density at radius 1 is 1.35 bits per heavy atom. The van der Waals surface area contributed by atoms with Crippen LogP contribution in [0.4, 0.5) is 0 Å². The fraction of sp³-hybridized carbons (Fsp3) is 0.250. The Morgan fingerprint density at radius 3 is 2.60 bits per heavy atom. The quantitative estimate of drug-likeness (QED) is 0.935. The molecule has 1 unspecified atom stereocenters.